The molecule has 0 radical (unpaired) electrons. The van der Waals surface area contributed by atoms with Gasteiger partial charge in [0.2, 0.25) is 10.0 Å². The zero-order valence-corrected chi connectivity index (χ0v) is 12.3. The topological polar surface area (TPSA) is 78.1 Å². The minimum Gasteiger partial charge on any atom is -0.311 e. The second-order valence-electron chi connectivity index (χ2n) is 4.22. The predicted molar refractivity (Wildman–Crippen MR) is 70.8 cm³/mol. The van der Waals surface area contributed by atoms with Crippen molar-refractivity contribution in [3.8, 4) is 0 Å². The van der Waals surface area contributed by atoms with Gasteiger partial charge in [-0.05, 0) is 19.9 Å². The molecule has 0 aromatic carbocycles. The highest BCUT2D eigenvalue weighted by Crippen LogP contribution is 2.21. The van der Waals surface area contributed by atoms with E-state index in [2.05, 4.69) is 22.4 Å². The molecule has 6 nitrogen and oxygen atoms in total. The van der Waals surface area contributed by atoms with Crippen LogP contribution in [0.25, 0.3) is 0 Å². The molecule has 2 N–H and O–H groups in total. The Morgan fingerprint density at radius 3 is 2.61 bits per heavy atom. The van der Waals surface area contributed by atoms with Gasteiger partial charge in [0.05, 0.1) is 11.4 Å². The van der Waals surface area contributed by atoms with E-state index in [0.717, 1.165) is 13.0 Å². The molecule has 7 heteroatoms. The number of hydrogen-bond donors (Lipinski definition) is 2. The number of hydrogen-bond acceptors (Lipinski definition) is 4. The maximum Gasteiger partial charge on any atom is 0.246 e. The molecule has 0 fully saturated rings. The minimum atomic E-state index is -3.44. The molecule has 1 aromatic rings. The highest BCUT2D eigenvalue weighted by Gasteiger charge is 2.27. The molecule has 0 unspecified atom stereocenters. The molecule has 0 aliphatic rings. The lowest BCUT2D eigenvalue weighted by Crippen LogP contribution is -2.28. The summed E-state index contributed by atoms with van der Waals surface area (Å²) in [6.45, 7) is 7.34. The second-order valence-corrected chi connectivity index (χ2v) is 6.20. The molecule has 0 amide bonds. The number of H-pyrrole nitrogens is 1. The Labute approximate surface area is 109 Å². The van der Waals surface area contributed by atoms with Gasteiger partial charge in [-0.3, -0.25) is 5.10 Å². The average Bonchev–Trinajstić information content (AvgIpc) is 2.70. The summed E-state index contributed by atoms with van der Waals surface area (Å²) in [5, 5.41) is 10.00. The summed E-state index contributed by atoms with van der Waals surface area (Å²) in [4.78, 5) is 0.301. The van der Waals surface area contributed by atoms with Crippen molar-refractivity contribution in [2.45, 2.75) is 38.6 Å². The van der Waals surface area contributed by atoms with Crippen molar-refractivity contribution in [1.82, 2.24) is 19.8 Å². The molecule has 1 heterocycles. The Hall–Kier alpha value is -0.920. The van der Waals surface area contributed by atoms with Gasteiger partial charge in [-0.2, -0.15) is 5.10 Å². The Kier molecular flexibility index (Phi) is 5.30. The summed E-state index contributed by atoms with van der Waals surface area (Å²) >= 11 is 0. The first kappa shape index (κ1) is 15.1. The summed E-state index contributed by atoms with van der Waals surface area (Å²) in [5.74, 6) is 0. The SMILES string of the molecule is CCCNCc1n[nH]c(C)c1S(=O)(=O)N(C)CC. The summed E-state index contributed by atoms with van der Waals surface area (Å²) in [7, 11) is -1.87. The molecular formula is C11H22N4O2S. The van der Waals surface area contributed by atoms with Crippen molar-refractivity contribution in [2.75, 3.05) is 20.1 Å². The maximum absolute atomic E-state index is 12.3. The molecule has 1 rings (SSSR count). The Morgan fingerprint density at radius 1 is 1.39 bits per heavy atom. The molecule has 0 aliphatic carbocycles. The van der Waals surface area contributed by atoms with E-state index in [4.69, 9.17) is 0 Å². The van der Waals surface area contributed by atoms with E-state index in [1.165, 1.54) is 4.31 Å². The first-order chi connectivity index (χ1) is 8.45. The van der Waals surface area contributed by atoms with Crippen LogP contribution in [0.15, 0.2) is 4.90 Å². The highest BCUT2D eigenvalue weighted by atomic mass is 32.2. The standard InChI is InChI=1S/C11H22N4O2S/c1-5-7-12-8-10-11(9(3)13-14-10)18(16,17)15(4)6-2/h12H,5-8H2,1-4H3,(H,13,14). The fourth-order valence-corrected chi connectivity index (χ4v) is 3.14. The Balaban J connectivity index is 3.04. The van der Waals surface area contributed by atoms with Crippen LogP contribution in [0, 0.1) is 6.92 Å². The van der Waals surface area contributed by atoms with Crippen molar-refractivity contribution in [3.63, 3.8) is 0 Å². The van der Waals surface area contributed by atoms with Gasteiger partial charge in [-0.25, -0.2) is 12.7 Å². The van der Waals surface area contributed by atoms with Crippen LogP contribution < -0.4 is 5.32 Å². The van der Waals surface area contributed by atoms with Crippen LogP contribution in [-0.2, 0) is 16.6 Å². The molecule has 0 saturated heterocycles. The molecule has 0 atom stereocenters. The van der Waals surface area contributed by atoms with Crippen LogP contribution >= 0.6 is 0 Å². The van der Waals surface area contributed by atoms with Crippen LogP contribution in [0.4, 0.5) is 0 Å². The largest absolute Gasteiger partial charge is 0.311 e. The van der Waals surface area contributed by atoms with E-state index in [1.54, 1.807) is 14.0 Å². The number of aromatic amines is 1. The van der Waals surface area contributed by atoms with Gasteiger partial charge in [-0.1, -0.05) is 13.8 Å². The van der Waals surface area contributed by atoms with Crippen molar-refractivity contribution in [1.29, 1.82) is 0 Å². The molecule has 0 saturated carbocycles. The lowest BCUT2D eigenvalue weighted by atomic mass is 10.3. The minimum absolute atomic E-state index is 0.301. The molecule has 0 spiro atoms. The van der Waals surface area contributed by atoms with E-state index in [9.17, 15) is 8.42 Å². The zero-order valence-electron chi connectivity index (χ0n) is 11.4. The van der Waals surface area contributed by atoms with Gasteiger partial charge < -0.3 is 5.32 Å². The van der Waals surface area contributed by atoms with E-state index >= 15 is 0 Å². The van der Waals surface area contributed by atoms with Gasteiger partial charge in [0.25, 0.3) is 0 Å². The van der Waals surface area contributed by atoms with Gasteiger partial charge in [0.1, 0.15) is 4.90 Å². The quantitative estimate of drug-likeness (QED) is 0.723. The summed E-state index contributed by atoms with van der Waals surface area (Å²) in [6.07, 6.45) is 1.00. The summed E-state index contributed by atoms with van der Waals surface area (Å²) in [6, 6.07) is 0. The summed E-state index contributed by atoms with van der Waals surface area (Å²) in [5.41, 5.74) is 1.14. The molecular weight excluding hydrogens is 252 g/mol. The number of aryl methyl sites for hydroxylation is 1. The summed E-state index contributed by atoms with van der Waals surface area (Å²) < 4.78 is 26.0. The van der Waals surface area contributed by atoms with Crippen LogP contribution in [0.2, 0.25) is 0 Å². The normalized spacial score (nSPS) is 12.3. The van der Waals surface area contributed by atoms with Crippen LogP contribution in [-0.4, -0.2) is 43.1 Å². The third kappa shape index (κ3) is 3.09. The smallest absolute Gasteiger partial charge is 0.246 e. The highest BCUT2D eigenvalue weighted by molar-refractivity contribution is 7.89. The third-order valence-electron chi connectivity index (χ3n) is 2.79. The van der Waals surface area contributed by atoms with Crippen molar-refractivity contribution >= 4 is 10.0 Å². The molecule has 1 aromatic heterocycles. The molecule has 0 aliphatic heterocycles. The zero-order chi connectivity index (χ0) is 13.8. The average molecular weight is 274 g/mol. The van der Waals surface area contributed by atoms with Crippen LogP contribution in [0.1, 0.15) is 31.7 Å². The van der Waals surface area contributed by atoms with Crippen molar-refractivity contribution in [2.24, 2.45) is 0 Å². The van der Waals surface area contributed by atoms with Crippen LogP contribution in [0.5, 0.6) is 0 Å². The molecule has 0 bridgehead atoms. The van der Waals surface area contributed by atoms with Crippen molar-refractivity contribution in [3.05, 3.63) is 11.4 Å². The van der Waals surface area contributed by atoms with E-state index in [0.29, 0.717) is 29.4 Å². The second kappa shape index (κ2) is 6.31. The van der Waals surface area contributed by atoms with Gasteiger partial charge >= 0.3 is 0 Å². The lowest BCUT2D eigenvalue weighted by molar-refractivity contribution is 0.484. The maximum atomic E-state index is 12.3. The van der Waals surface area contributed by atoms with Gasteiger partial charge in [0.15, 0.2) is 0 Å². The molecule has 104 valence electrons. The fraction of sp³-hybridized carbons (Fsp3) is 0.727. The number of nitrogens with one attached hydrogen (secondary N) is 2. The van der Waals surface area contributed by atoms with Gasteiger partial charge in [0, 0.05) is 20.1 Å². The number of sulfonamides is 1. The van der Waals surface area contributed by atoms with E-state index in [1.807, 2.05) is 6.92 Å². The van der Waals surface area contributed by atoms with E-state index < -0.39 is 10.0 Å². The third-order valence-corrected chi connectivity index (χ3v) is 4.93. The van der Waals surface area contributed by atoms with Crippen LogP contribution in [0.3, 0.4) is 0 Å². The Morgan fingerprint density at radius 2 is 2.06 bits per heavy atom. The number of rotatable bonds is 7. The Bertz CT molecular complexity index is 481. The molecule has 18 heavy (non-hydrogen) atoms. The van der Waals surface area contributed by atoms with Gasteiger partial charge in [-0.15, -0.1) is 0 Å². The first-order valence-electron chi connectivity index (χ1n) is 6.16. The number of nitrogens with zero attached hydrogens (tertiary/aromatic N) is 2. The fourth-order valence-electron chi connectivity index (χ4n) is 1.64. The first-order valence-corrected chi connectivity index (χ1v) is 7.60. The number of aromatic nitrogens is 2. The predicted octanol–water partition coefficient (Wildman–Crippen LogP) is 0.858. The van der Waals surface area contributed by atoms with Crippen molar-refractivity contribution < 1.29 is 8.42 Å². The van der Waals surface area contributed by atoms with E-state index in [-0.39, 0.29) is 0 Å². The monoisotopic (exact) mass is 274 g/mol. The lowest BCUT2D eigenvalue weighted by Gasteiger charge is -2.15.